The van der Waals surface area contributed by atoms with Crippen LogP contribution in [-0.4, -0.2) is 19.8 Å². The Morgan fingerprint density at radius 1 is 1.47 bits per heavy atom. The molecule has 94 valence electrons. The number of benzene rings is 1. The first-order valence-corrected chi connectivity index (χ1v) is 6.18. The van der Waals surface area contributed by atoms with E-state index in [2.05, 4.69) is 0 Å². The van der Waals surface area contributed by atoms with E-state index in [1.165, 1.54) is 11.6 Å². The molecule has 1 unspecified atom stereocenters. The second-order valence-electron chi connectivity index (χ2n) is 5.11. The van der Waals surface area contributed by atoms with Crippen molar-refractivity contribution in [2.24, 2.45) is 11.1 Å². The molecule has 1 saturated heterocycles. The van der Waals surface area contributed by atoms with Crippen molar-refractivity contribution in [3.63, 3.8) is 0 Å². The molecule has 2 rings (SSSR count). The van der Waals surface area contributed by atoms with Crippen LogP contribution in [0, 0.1) is 18.2 Å². The Morgan fingerprint density at radius 3 is 2.88 bits per heavy atom. The van der Waals surface area contributed by atoms with Crippen LogP contribution in [0.3, 0.4) is 0 Å². The molecule has 1 heterocycles. The molecule has 1 aromatic carbocycles. The van der Waals surface area contributed by atoms with Crippen molar-refractivity contribution >= 4 is 0 Å². The third kappa shape index (κ3) is 2.85. The van der Waals surface area contributed by atoms with Gasteiger partial charge in [-0.2, -0.15) is 0 Å². The number of ether oxygens (including phenoxy) is 1. The van der Waals surface area contributed by atoms with Crippen LogP contribution in [0.25, 0.3) is 0 Å². The molecule has 0 bridgehead atoms. The van der Waals surface area contributed by atoms with Gasteiger partial charge in [0, 0.05) is 18.6 Å². The minimum absolute atomic E-state index is 0.0425. The summed E-state index contributed by atoms with van der Waals surface area (Å²) in [5.74, 6) is -0.173. The van der Waals surface area contributed by atoms with Crippen LogP contribution in [-0.2, 0) is 11.2 Å². The SMILES string of the molecule is Cc1cc(F)ccc1CC1(CN)CCCOC1. The molecule has 0 radical (unpaired) electrons. The number of hydrogen-bond acceptors (Lipinski definition) is 2. The molecule has 17 heavy (non-hydrogen) atoms. The summed E-state index contributed by atoms with van der Waals surface area (Å²) in [6.07, 6.45) is 3.05. The van der Waals surface area contributed by atoms with Gasteiger partial charge in [0.05, 0.1) is 6.61 Å². The van der Waals surface area contributed by atoms with Gasteiger partial charge in [-0.25, -0.2) is 4.39 Å². The van der Waals surface area contributed by atoms with Gasteiger partial charge in [-0.3, -0.25) is 0 Å². The van der Waals surface area contributed by atoms with Crippen molar-refractivity contribution in [2.75, 3.05) is 19.8 Å². The van der Waals surface area contributed by atoms with Crippen LogP contribution in [0.5, 0.6) is 0 Å². The monoisotopic (exact) mass is 237 g/mol. The second kappa shape index (κ2) is 5.15. The number of hydrogen-bond donors (Lipinski definition) is 1. The topological polar surface area (TPSA) is 35.2 Å². The molecule has 1 fully saturated rings. The fourth-order valence-corrected chi connectivity index (χ4v) is 2.54. The molecule has 1 aromatic rings. The summed E-state index contributed by atoms with van der Waals surface area (Å²) in [7, 11) is 0. The van der Waals surface area contributed by atoms with E-state index in [9.17, 15) is 4.39 Å². The summed E-state index contributed by atoms with van der Waals surface area (Å²) in [6.45, 7) is 4.14. The normalized spacial score (nSPS) is 24.9. The minimum atomic E-state index is -0.173. The summed E-state index contributed by atoms with van der Waals surface area (Å²) < 4.78 is 18.6. The van der Waals surface area contributed by atoms with E-state index in [4.69, 9.17) is 10.5 Å². The van der Waals surface area contributed by atoms with Gasteiger partial charge >= 0.3 is 0 Å². The zero-order valence-electron chi connectivity index (χ0n) is 10.3. The Labute approximate surface area is 102 Å². The summed E-state index contributed by atoms with van der Waals surface area (Å²) in [6, 6.07) is 4.98. The molecule has 1 aliphatic rings. The van der Waals surface area contributed by atoms with Gasteiger partial charge in [0.1, 0.15) is 5.82 Å². The van der Waals surface area contributed by atoms with Gasteiger partial charge < -0.3 is 10.5 Å². The van der Waals surface area contributed by atoms with Crippen LogP contribution < -0.4 is 5.73 Å². The van der Waals surface area contributed by atoms with E-state index in [1.54, 1.807) is 6.07 Å². The van der Waals surface area contributed by atoms with Crippen molar-refractivity contribution in [1.82, 2.24) is 0 Å². The highest BCUT2D eigenvalue weighted by molar-refractivity contribution is 5.28. The zero-order valence-corrected chi connectivity index (χ0v) is 10.3. The van der Waals surface area contributed by atoms with Crippen LogP contribution in [0.15, 0.2) is 18.2 Å². The smallest absolute Gasteiger partial charge is 0.123 e. The van der Waals surface area contributed by atoms with Gasteiger partial charge in [-0.15, -0.1) is 0 Å². The number of rotatable bonds is 3. The highest BCUT2D eigenvalue weighted by Crippen LogP contribution is 2.32. The van der Waals surface area contributed by atoms with E-state index in [0.29, 0.717) is 6.54 Å². The number of aryl methyl sites for hydroxylation is 1. The van der Waals surface area contributed by atoms with Gasteiger partial charge in [-0.05, 0) is 49.4 Å². The van der Waals surface area contributed by atoms with E-state index in [-0.39, 0.29) is 11.2 Å². The first kappa shape index (κ1) is 12.5. The highest BCUT2D eigenvalue weighted by Gasteiger charge is 2.32. The lowest BCUT2D eigenvalue weighted by molar-refractivity contribution is -0.00271. The van der Waals surface area contributed by atoms with E-state index >= 15 is 0 Å². The summed E-state index contributed by atoms with van der Waals surface area (Å²) in [5.41, 5.74) is 8.14. The van der Waals surface area contributed by atoms with Crippen molar-refractivity contribution in [3.05, 3.63) is 35.1 Å². The third-order valence-corrected chi connectivity index (χ3v) is 3.71. The molecule has 1 atom stereocenters. The lowest BCUT2D eigenvalue weighted by atomic mass is 9.76. The molecule has 0 saturated carbocycles. The molecule has 1 aliphatic heterocycles. The van der Waals surface area contributed by atoms with Crippen molar-refractivity contribution in [2.45, 2.75) is 26.2 Å². The Morgan fingerprint density at radius 2 is 2.29 bits per heavy atom. The highest BCUT2D eigenvalue weighted by atomic mass is 19.1. The lowest BCUT2D eigenvalue weighted by Crippen LogP contribution is -2.40. The minimum Gasteiger partial charge on any atom is -0.381 e. The first-order valence-electron chi connectivity index (χ1n) is 6.18. The van der Waals surface area contributed by atoms with Crippen LogP contribution in [0.2, 0.25) is 0 Å². The summed E-state index contributed by atoms with van der Waals surface area (Å²) in [5, 5.41) is 0. The average Bonchev–Trinajstić information content (AvgIpc) is 2.34. The van der Waals surface area contributed by atoms with Gasteiger partial charge in [0.2, 0.25) is 0 Å². The fraction of sp³-hybridized carbons (Fsp3) is 0.571. The third-order valence-electron chi connectivity index (χ3n) is 3.71. The Kier molecular flexibility index (Phi) is 3.79. The fourth-order valence-electron chi connectivity index (χ4n) is 2.54. The zero-order chi connectivity index (χ0) is 12.3. The standard InChI is InChI=1S/C14H20FNO/c1-11-7-13(15)4-3-12(11)8-14(9-16)5-2-6-17-10-14/h3-4,7H,2,5-6,8-10,16H2,1H3. The Hall–Kier alpha value is -0.930. The second-order valence-corrected chi connectivity index (χ2v) is 5.11. The molecule has 0 amide bonds. The lowest BCUT2D eigenvalue weighted by Gasteiger charge is -2.36. The first-order chi connectivity index (χ1) is 8.15. The molecular weight excluding hydrogens is 217 g/mol. The molecule has 0 aromatic heterocycles. The van der Waals surface area contributed by atoms with E-state index < -0.39 is 0 Å². The maximum atomic E-state index is 13.1. The number of nitrogens with two attached hydrogens (primary N) is 1. The van der Waals surface area contributed by atoms with E-state index in [1.807, 2.05) is 13.0 Å². The molecular formula is C14H20FNO. The predicted molar refractivity (Wildman–Crippen MR) is 66.4 cm³/mol. The Bertz CT molecular complexity index is 386. The largest absolute Gasteiger partial charge is 0.381 e. The molecule has 0 spiro atoms. The van der Waals surface area contributed by atoms with Gasteiger partial charge in [-0.1, -0.05) is 6.07 Å². The molecule has 2 nitrogen and oxygen atoms in total. The Balaban J connectivity index is 2.17. The quantitative estimate of drug-likeness (QED) is 0.876. The van der Waals surface area contributed by atoms with Gasteiger partial charge in [0.15, 0.2) is 0 Å². The molecule has 0 aliphatic carbocycles. The number of halogens is 1. The van der Waals surface area contributed by atoms with Crippen LogP contribution in [0.1, 0.15) is 24.0 Å². The molecule has 2 N–H and O–H groups in total. The van der Waals surface area contributed by atoms with E-state index in [0.717, 1.165) is 38.0 Å². The maximum Gasteiger partial charge on any atom is 0.123 e. The molecule has 3 heteroatoms. The predicted octanol–water partition coefficient (Wildman–Crippen LogP) is 2.43. The van der Waals surface area contributed by atoms with Crippen molar-refractivity contribution in [1.29, 1.82) is 0 Å². The summed E-state index contributed by atoms with van der Waals surface area (Å²) >= 11 is 0. The van der Waals surface area contributed by atoms with Crippen LogP contribution in [0.4, 0.5) is 4.39 Å². The van der Waals surface area contributed by atoms with Crippen molar-refractivity contribution in [3.8, 4) is 0 Å². The summed E-state index contributed by atoms with van der Waals surface area (Å²) in [4.78, 5) is 0. The van der Waals surface area contributed by atoms with Crippen LogP contribution >= 0.6 is 0 Å². The maximum absolute atomic E-state index is 13.1. The van der Waals surface area contributed by atoms with Crippen molar-refractivity contribution < 1.29 is 9.13 Å². The van der Waals surface area contributed by atoms with Gasteiger partial charge in [0.25, 0.3) is 0 Å². The average molecular weight is 237 g/mol.